The number of hydrogen-bond donors (Lipinski definition) is 2. The average molecular weight is 180 g/mol. The molecule has 3 nitrogen and oxygen atoms in total. The Hall–Kier alpha value is -0.0505. The summed E-state index contributed by atoms with van der Waals surface area (Å²) in [6.07, 6.45) is 2.78. The Morgan fingerprint density at radius 3 is 1.78 bits per heavy atom. The fourth-order valence-electron chi connectivity index (χ4n) is 0.625. The molecule has 0 saturated carbocycles. The smallest absolute Gasteiger partial charge is 0.665 e. The molecule has 58 valence electrons. The molecular weight excluding hydrogens is 170 g/mol. The normalized spacial score (nSPS) is 14.7. The van der Waals surface area contributed by atoms with Crippen molar-refractivity contribution < 1.29 is 27.0 Å². The molecule has 0 aliphatic carbocycles. The maximum Gasteiger partial charge on any atom is 1.00 e. The van der Waals surface area contributed by atoms with Crippen molar-refractivity contribution in [2.75, 3.05) is 13.1 Å². The Bertz CT molecular complexity index is 49.3. The SMILES string of the molecule is C1CCNC1.O=[C-]O.[Cu+]. The van der Waals surface area contributed by atoms with Gasteiger partial charge in [-0.3, -0.25) is 0 Å². The van der Waals surface area contributed by atoms with Crippen molar-refractivity contribution in [2.45, 2.75) is 12.8 Å². The molecule has 1 heterocycles. The molecule has 9 heavy (non-hydrogen) atoms. The molecule has 0 aromatic carbocycles. The van der Waals surface area contributed by atoms with E-state index in [-0.39, 0.29) is 17.1 Å². The van der Waals surface area contributed by atoms with Crippen LogP contribution in [0.15, 0.2) is 0 Å². The van der Waals surface area contributed by atoms with Crippen LogP contribution in [0.25, 0.3) is 0 Å². The van der Waals surface area contributed by atoms with Crippen molar-refractivity contribution in [3.63, 3.8) is 0 Å². The van der Waals surface area contributed by atoms with Crippen LogP contribution >= 0.6 is 0 Å². The molecule has 0 aromatic heterocycles. The largest absolute Gasteiger partial charge is 1.00 e. The van der Waals surface area contributed by atoms with Crippen LogP contribution in [-0.2, 0) is 21.9 Å². The first-order valence-electron chi connectivity index (χ1n) is 2.63. The van der Waals surface area contributed by atoms with Crippen LogP contribution in [0.4, 0.5) is 0 Å². The minimum atomic E-state index is 0. The second-order valence-electron chi connectivity index (χ2n) is 1.55. The Morgan fingerprint density at radius 1 is 1.33 bits per heavy atom. The van der Waals surface area contributed by atoms with Crippen LogP contribution in [0.5, 0.6) is 0 Å². The molecule has 1 fully saturated rings. The van der Waals surface area contributed by atoms with Crippen LogP contribution < -0.4 is 5.32 Å². The maximum absolute atomic E-state index is 8.24. The average Bonchev–Trinajstić information content (AvgIpc) is 2.17. The molecule has 1 saturated heterocycles. The van der Waals surface area contributed by atoms with Gasteiger partial charge >= 0.3 is 17.1 Å². The van der Waals surface area contributed by atoms with E-state index in [2.05, 4.69) is 5.32 Å². The van der Waals surface area contributed by atoms with Crippen molar-refractivity contribution in [2.24, 2.45) is 0 Å². The molecular formula is C5H10CuNO2. The molecule has 1 rings (SSSR count). The van der Waals surface area contributed by atoms with E-state index < -0.39 is 0 Å². The Kier molecular flexibility index (Phi) is 14.1. The van der Waals surface area contributed by atoms with Gasteiger partial charge in [0.25, 0.3) is 0 Å². The number of hydrogen-bond acceptors (Lipinski definition) is 2. The summed E-state index contributed by atoms with van der Waals surface area (Å²) < 4.78 is 0. The van der Waals surface area contributed by atoms with Gasteiger partial charge in [-0.1, -0.05) is 6.47 Å². The van der Waals surface area contributed by atoms with Crippen molar-refractivity contribution in [1.29, 1.82) is 0 Å². The van der Waals surface area contributed by atoms with Gasteiger partial charge in [-0.15, -0.1) is 0 Å². The molecule has 0 atom stereocenters. The van der Waals surface area contributed by atoms with Gasteiger partial charge in [-0.2, -0.15) is 0 Å². The molecule has 0 unspecified atom stereocenters. The van der Waals surface area contributed by atoms with E-state index in [0.29, 0.717) is 6.47 Å². The zero-order chi connectivity index (χ0) is 6.24. The summed E-state index contributed by atoms with van der Waals surface area (Å²) in [7, 11) is 0. The van der Waals surface area contributed by atoms with Gasteiger partial charge in [0.2, 0.25) is 0 Å². The first-order valence-corrected chi connectivity index (χ1v) is 2.63. The summed E-state index contributed by atoms with van der Waals surface area (Å²) in [5.74, 6) is 0. The fourth-order valence-corrected chi connectivity index (χ4v) is 0.625. The summed E-state index contributed by atoms with van der Waals surface area (Å²) in [5, 5.41) is 9.99. The summed E-state index contributed by atoms with van der Waals surface area (Å²) in [4.78, 5) is 8.24. The minimum absolute atomic E-state index is 0. The second-order valence-corrected chi connectivity index (χ2v) is 1.55. The molecule has 0 amide bonds. The van der Waals surface area contributed by atoms with Gasteiger partial charge < -0.3 is 15.2 Å². The van der Waals surface area contributed by atoms with Gasteiger partial charge in [0.05, 0.1) is 0 Å². The van der Waals surface area contributed by atoms with Crippen LogP contribution in [0.2, 0.25) is 0 Å². The van der Waals surface area contributed by atoms with E-state index in [1.54, 1.807) is 0 Å². The van der Waals surface area contributed by atoms with E-state index in [1.165, 1.54) is 25.9 Å². The maximum atomic E-state index is 8.24. The van der Waals surface area contributed by atoms with E-state index in [4.69, 9.17) is 9.90 Å². The molecule has 1 aliphatic rings. The van der Waals surface area contributed by atoms with Crippen molar-refractivity contribution in [3.8, 4) is 0 Å². The van der Waals surface area contributed by atoms with E-state index in [0.717, 1.165) is 0 Å². The van der Waals surface area contributed by atoms with E-state index >= 15 is 0 Å². The Balaban J connectivity index is 0. The molecule has 2 N–H and O–H groups in total. The van der Waals surface area contributed by atoms with Crippen molar-refractivity contribution >= 4 is 6.47 Å². The summed E-state index contributed by atoms with van der Waals surface area (Å²) in [6, 6.07) is 0. The summed E-state index contributed by atoms with van der Waals surface area (Å²) in [6.45, 7) is 3.00. The number of rotatable bonds is 0. The molecule has 1 aliphatic heterocycles. The monoisotopic (exact) mass is 179 g/mol. The van der Waals surface area contributed by atoms with Crippen LogP contribution in [0, 0.1) is 0 Å². The third kappa shape index (κ3) is 11.5. The third-order valence-electron chi connectivity index (χ3n) is 0.957. The van der Waals surface area contributed by atoms with Crippen molar-refractivity contribution in [3.05, 3.63) is 0 Å². The van der Waals surface area contributed by atoms with Gasteiger partial charge in [0.1, 0.15) is 0 Å². The first-order chi connectivity index (χ1) is 3.91. The van der Waals surface area contributed by atoms with Crippen LogP contribution in [0.3, 0.4) is 0 Å². The fraction of sp³-hybridized carbons (Fsp3) is 0.800. The molecule has 0 spiro atoms. The van der Waals surface area contributed by atoms with Crippen LogP contribution in [-0.4, -0.2) is 24.7 Å². The van der Waals surface area contributed by atoms with Gasteiger partial charge in [-0.25, -0.2) is 0 Å². The number of nitrogens with one attached hydrogen (secondary N) is 1. The predicted octanol–water partition coefficient (Wildman–Crippen LogP) is -0.0211. The first kappa shape index (κ1) is 11.7. The number of aliphatic hydroxyl groups excluding tert-OH is 1. The molecule has 0 aromatic rings. The standard InChI is InChI=1S/C4H9N.CHO2.Cu/c1-2-4-5-3-1;2-1-3;/h5H,1-4H2;(H,2,3);/q;-1;+1. The summed E-state index contributed by atoms with van der Waals surface area (Å²) >= 11 is 0. The van der Waals surface area contributed by atoms with Gasteiger partial charge in [-0.05, 0) is 25.9 Å². The zero-order valence-electron chi connectivity index (χ0n) is 4.99. The Morgan fingerprint density at radius 2 is 1.67 bits per heavy atom. The van der Waals surface area contributed by atoms with E-state index in [9.17, 15) is 0 Å². The predicted molar refractivity (Wildman–Crippen MR) is 30.4 cm³/mol. The second kappa shape index (κ2) is 10.8. The molecule has 0 radical (unpaired) electrons. The molecule has 4 heteroatoms. The topological polar surface area (TPSA) is 49.3 Å². The third-order valence-corrected chi connectivity index (χ3v) is 0.957. The van der Waals surface area contributed by atoms with Gasteiger partial charge in [0, 0.05) is 0 Å². The quantitative estimate of drug-likeness (QED) is 0.406. The van der Waals surface area contributed by atoms with E-state index in [1.807, 2.05) is 0 Å². The summed E-state index contributed by atoms with van der Waals surface area (Å²) in [5.41, 5.74) is 0. The zero-order valence-corrected chi connectivity index (χ0v) is 5.93. The molecule has 0 bridgehead atoms. The van der Waals surface area contributed by atoms with Crippen molar-refractivity contribution in [1.82, 2.24) is 5.32 Å². The van der Waals surface area contributed by atoms with Gasteiger partial charge in [0.15, 0.2) is 0 Å². The Labute approximate surface area is 65.3 Å². The minimum Gasteiger partial charge on any atom is -0.665 e. The van der Waals surface area contributed by atoms with Crippen LogP contribution in [0.1, 0.15) is 12.8 Å².